The highest BCUT2D eigenvalue weighted by atomic mass is 32.2. The maximum absolute atomic E-state index is 13.4. The molecule has 2 fully saturated rings. The first-order valence-corrected chi connectivity index (χ1v) is 12.3. The first-order valence-electron chi connectivity index (χ1n) is 11.4. The second-order valence-electron chi connectivity index (χ2n) is 8.75. The number of nitrogens with zero attached hydrogens (tertiary/aromatic N) is 1. The molecule has 1 aliphatic heterocycles. The highest BCUT2D eigenvalue weighted by molar-refractivity contribution is 8.14. The van der Waals surface area contributed by atoms with Crippen LogP contribution in [0.2, 0.25) is 0 Å². The number of carboxylic acid groups (broad SMARTS) is 1. The molecule has 3 atom stereocenters. The molecule has 1 saturated heterocycles. The van der Waals surface area contributed by atoms with Gasteiger partial charge in [0.2, 0.25) is 11.8 Å². The van der Waals surface area contributed by atoms with E-state index in [1.807, 2.05) is 30.3 Å². The maximum Gasteiger partial charge on any atom is 0.323 e. The van der Waals surface area contributed by atoms with Gasteiger partial charge in [-0.15, -0.1) is 0 Å². The van der Waals surface area contributed by atoms with Gasteiger partial charge >= 0.3 is 5.97 Å². The van der Waals surface area contributed by atoms with Gasteiger partial charge in [0.05, 0.1) is 5.25 Å². The summed E-state index contributed by atoms with van der Waals surface area (Å²) in [4.78, 5) is 51.2. The molecular weight excluding hydrogens is 428 g/mol. The summed E-state index contributed by atoms with van der Waals surface area (Å²) < 4.78 is 0. The Kier molecular flexibility index (Phi) is 8.73. The summed E-state index contributed by atoms with van der Waals surface area (Å²) in [6, 6.07) is 8.60. The van der Waals surface area contributed by atoms with E-state index in [1.54, 1.807) is 0 Å². The Hall–Kier alpha value is -2.35. The topological polar surface area (TPSA) is 104 Å². The third kappa shape index (κ3) is 6.58. The van der Waals surface area contributed by atoms with E-state index < -0.39 is 17.3 Å². The van der Waals surface area contributed by atoms with Crippen molar-refractivity contribution in [1.82, 2.24) is 10.2 Å². The Labute approximate surface area is 193 Å². The average Bonchev–Trinajstić information content (AvgIpc) is 3.24. The third-order valence-corrected chi connectivity index (χ3v) is 7.40. The minimum Gasteiger partial charge on any atom is -0.480 e. The molecule has 3 unspecified atom stereocenters. The van der Waals surface area contributed by atoms with Crippen molar-refractivity contribution in [2.24, 2.45) is 5.92 Å². The maximum atomic E-state index is 13.4. The number of hydrogen-bond acceptors (Lipinski definition) is 5. The smallest absolute Gasteiger partial charge is 0.323 e. The quantitative estimate of drug-likeness (QED) is 0.618. The van der Waals surface area contributed by atoms with Crippen LogP contribution in [-0.2, 0) is 25.6 Å². The molecule has 8 heteroatoms. The van der Waals surface area contributed by atoms with Crippen LogP contribution < -0.4 is 5.32 Å². The van der Waals surface area contributed by atoms with E-state index in [9.17, 15) is 24.3 Å². The second kappa shape index (κ2) is 11.5. The number of benzene rings is 1. The largest absolute Gasteiger partial charge is 0.480 e. The number of carbonyl (C=O) groups is 4. The van der Waals surface area contributed by atoms with E-state index in [-0.39, 0.29) is 29.5 Å². The average molecular weight is 461 g/mol. The summed E-state index contributed by atoms with van der Waals surface area (Å²) in [5.74, 6) is -1.39. The highest BCUT2D eigenvalue weighted by Crippen LogP contribution is 2.34. The van der Waals surface area contributed by atoms with Crippen molar-refractivity contribution in [3.8, 4) is 0 Å². The summed E-state index contributed by atoms with van der Waals surface area (Å²) >= 11 is 0.960. The van der Waals surface area contributed by atoms with E-state index in [4.69, 9.17) is 0 Å². The monoisotopic (exact) mass is 460 g/mol. The minimum absolute atomic E-state index is 0.0882. The van der Waals surface area contributed by atoms with Gasteiger partial charge in [-0.2, -0.15) is 0 Å². The molecule has 7 nitrogen and oxygen atoms in total. The molecule has 2 N–H and O–H groups in total. The van der Waals surface area contributed by atoms with Crippen molar-refractivity contribution in [1.29, 1.82) is 0 Å². The van der Waals surface area contributed by atoms with Gasteiger partial charge in [0.25, 0.3) is 0 Å². The Bertz CT molecular complexity index is 825. The molecule has 0 radical (unpaired) electrons. The molecule has 1 aromatic carbocycles. The molecule has 0 spiro atoms. The lowest BCUT2D eigenvalue weighted by Gasteiger charge is -2.34. The standard InChI is InChI=1S/C24H32N2O5S/c1-16(27)32-21(14-17-8-3-2-4-9-17)23(30)25-19-12-7-13-20(18-10-5-6-11-18)26(24(19)31)15-22(28)29/h2-4,8-9,18-21H,5-7,10-15H2,1H3,(H,25,30)(H,28,29). The van der Waals surface area contributed by atoms with Crippen molar-refractivity contribution in [2.75, 3.05) is 6.54 Å². The Morgan fingerprint density at radius 1 is 1.09 bits per heavy atom. The van der Waals surface area contributed by atoms with Crippen LogP contribution in [0.15, 0.2) is 30.3 Å². The summed E-state index contributed by atoms with van der Waals surface area (Å²) in [5, 5.41) is 11.5. The zero-order chi connectivity index (χ0) is 23.1. The normalized spacial score (nSPS) is 22.9. The zero-order valence-electron chi connectivity index (χ0n) is 18.5. The van der Waals surface area contributed by atoms with Crippen LogP contribution in [0.4, 0.5) is 0 Å². The van der Waals surface area contributed by atoms with Gasteiger partial charge in [0.15, 0.2) is 5.12 Å². The molecule has 1 aromatic rings. The Morgan fingerprint density at radius 2 is 1.78 bits per heavy atom. The van der Waals surface area contributed by atoms with E-state index >= 15 is 0 Å². The molecule has 1 heterocycles. The Morgan fingerprint density at radius 3 is 2.41 bits per heavy atom. The van der Waals surface area contributed by atoms with Crippen molar-refractivity contribution >= 4 is 34.7 Å². The number of aliphatic carboxylic acids is 1. The molecule has 174 valence electrons. The van der Waals surface area contributed by atoms with Gasteiger partial charge in [-0.25, -0.2) is 0 Å². The summed E-state index contributed by atoms with van der Waals surface area (Å²) in [5.41, 5.74) is 0.933. The molecule has 32 heavy (non-hydrogen) atoms. The lowest BCUT2D eigenvalue weighted by Crippen LogP contribution is -2.54. The molecule has 2 amide bonds. The van der Waals surface area contributed by atoms with E-state index in [0.29, 0.717) is 18.8 Å². The number of hydrogen-bond donors (Lipinski definition) is 2. The highest BCUT2D eigenvalue weighted by Gasteiger charge is 2.39. The fourth-order valence-corrected chi connectivity index (χ4v) is 5.81. The van der Waals surface area contributed by atoms with Gasteiger partial charge in [-0.1, -0.05) is 54.9 Å². The summed E-state index contributed by atoms with van der Waals surface area (Å²) in [7, 11) is 0. The molecule has 2 aliphatic rings. The van der Waals surface area contributed by atoms with E-state index in [1.165, 1.54) is 11.8 Å². The molecule has 0 aromatic heterocycles. The van der Waals surface area contributed by atoms with Crippen molar-refractivity contribution in [3.05, 3.63) is 35.9 Å². The van der Waals surface area contributed by atoms with Crippen LogP contribution in [0.3, 0.4) is 0 Å². The van der Waals surface area contributed by atoms with Crippen molar-refractivity contribution in [2.45, 2.75) is 75.6 Å². The van der Waals surface area contributed by atoms with Gasteiger partial charge in [0, 0.05) is 13.0 Å². The van der Waals surface area contributed by atoms with E-state index in [0.717, 1.165) is 55.9 Å². The Balaban J connectivity index is 1.74. The van der Waals surface area contributed by atoms with Crippen LogP contribution >= 0.6 is 11.8 Å². The summed E-state index contributed by atoms with van der Waals surface area (Å²) in [6.07, 6.45) is 6.61. The minimum atomic E-state index is -1.04. The summed E-state index contributed by atoms with van der Waals surface area (Å²) in [6.45, 7) is 1.08. The lowest BCUT2D eigenvalue weighted by molar-refractivity contribution is -0.148. The fourth-order valence-electron chi connectivity index (χ4n) is 4.96. The van der Waals surface area contributed by atoms with Gasteiger partial charge in [-0.3, -0.25) is 19.2 Å². The van der Waals surface area contributed by atoms with Gasteiger partial charge in [-0.05, 0) is 50.0 Å². The predicted molar refractivity (Wildman–Crippen MR) is 123 cm³/mol. The SMILES string of the molecule is CC(=O)SC(Cc1ccccc1)C(=O)NC1CCCC(C2CCCC2)N(CC(=O)O)C1=O. The van der Waals surface area contributed by atoms with Crippen LogP contribution in [0.1, 0.15) is 57.4 Å². The van der Waals surface area contributed by atoms with Crippen LogP contribution in [0, 0.1) is 5.92 Å². The molecule has 3 rings (SSSR count). The van der Waals surface area contributed by atoms with Gasteiger partial charge < -0.3 is 15.3 Å². The third-order valence-electron chi connectivity index (χ3n) is 6.40. The molecular formula is C24H32N2O5S. The number of carbonyl (C=O) groups excluding carboxylic acids is 3. The number of amides is 2. The van der Waals surface area contributed by atoms with Crippen LogP contribution in [-0.4, -0.2) is 56.8 Å². The second-order valence-corrected chi connectivity index (χ2v) is 10.1. The van der Waals surface area contributed by atoms with Gasteiger partial charge in [0.1, 0.15) is 12.6 Å². The number of likely N-dealkylation sites (tertiary alicyclic amines) is 1. The first-order chi connectivity index (χ1) is 15.3. The first kappa shape index (κ1) is 24.3. The lowest BCUT2D eigenvalue weighted by atomic mass is 9.93. The van der Waals surface area contributed by atoms with Crippen molar-refractivity contribution < 1.29 is 24.3 Å². The number of rotatable bonds is 8. The number of nitrogens with one attached hydrogen (secondary N) is 1. The fraction of sp³-hybridized carbons (Fsp3) is 0.583. The van der Waals surface area contributed by atoms with Crippen LogP contribution in [0.25, 0.3) is 0 Å². The molecule has 0 bridgehead atoms. The van der Waals surface area contributed by atoms with E-state index in [2.05, 4.69) is 5.32 Å². The molecule has 1 saturated carbocycles. The molecule has 1 aliphatic carbocycles. The van der Waals surface area contributed by atoms with Crippen LogP contribution in [0.5, 0.6) is 0 Å². The number of carboxylic acids is 1. The number of thioether (sulfide) groups is 1. The van der Waals surface area contributed by atoms with Crippen molar-refractivity contribution in [3.63, 3.8) is 0 Å². The zero-order valence-corrected chi connectivity index (χ0v) is 19.3. The predicted octanol–water partition coefficient (Wildman–Crippen LogP) is 3.02.